The lowest BCUT2D eigenvalue weighted by molar-refractivity contribution is 0.237. The molecule has 0 heterocycles. The molecular weight excluding hydrogens is 258 g/mol. The molecule has 21 heavy (non-hydrogen) atoms. The maximum Gasteiger partial charge on any atom is 0.124 e. The minimum absolute atomic E-state index is 0.185. The normalized spacial score (nSPS) is 12.4. The molecule has 1 atom stereocenters. The Balaban J connectivity index is 2.25. The van der Waals surface area contributed by atoms with E-state index in [1.54, 1.807) is 0 Å². The largest absolute Gasteiger partial charge is 0.491 e. The van der Waals surface area contributed by atoms with Crippen molar-refractivity contribution < 1.29 is 4.74 Å². The molecule has 0 aliphatic carbocycles. The third kappa shape index (κ3) is 4.61. The molecule has 0 amide bonds. The summed E-state index contributed by atoms with van der Waals surface area (Å²) in [6, 6.07) is 19.2. The zero-order valence-corrected chi connectivity index (χ0v) is 13.2. The van der Waals surface area contributed by atoms with Crippen LogP contribution in [0.3, 0.4) is 0 Å². The molecule has 1 N–H and O–H groups in total. The third-order valence-electron chi connectivity index (χ3n) is 3.39. The Morgan fingerprint density at radius 3 is 2.29 bits per heavy atom. The van der Waals surface area contributed by atoms with E-state index >= 15 is 0 Å². The van der Waals surface area contributed by atoms with Crippen molar-refractivity contribution in [3.05, 3.63) is 65.7 Å². The van der Waals surface area contributed by atoms with Crippen LogP contribution in [0.5, 0.6) is 5.75 Å². The molecule has 0 spiro atoms. The summed E-state index contributed by atoms with van der Waals surface area (Å²) in [5, 5.41) is 3.58. The quantitative estimate of drug-likeness (QED) is 0.815. The Hall–Kier alpha value is -1.80. The Kier molecular flexibility index (Phi) is 5.82. The van der Waals surface area contributed by atoms with Crippen molar-refractivity contribution in [1.29, 1.82) is 0 Å². The van der Waals surface area contributed by atoms with Crippen molar-refractivity contribution in [2.75, 3.05) is 6.54 Å². The number of likely N-dealkylation sites (N-methyl/N-ethyl adjacent to an activating group) is 1. The molecule has 0 fully saturated rings. The molecule has 2 aromatic rings. The molecule has 2 aromatic carbocycles. The third-order valence-corrected chi connectivity index (χ3v) is 3.39. The van der Waals surface area contributed by atoms with Crippen LogP contribution in [0.2, 0.25) is 0 Å². The summed E-state index contributed by atoms with van der Waals surface area (Å²) in [6.07, 6.45) is 1.15. The summed E-state index contributed by atoms with van der Waals surface area (Å²) >= 11 is 0. The predicted molar refractivity (Wildman–Crippen MR) is 88.8 cm³/mol. The standard InChI is InChI=1S/C19H25NO/c1-4-20-18(14-16-10-6-5-7-11-16)17-12-8-9-13-19(17)21-15(2)3/h5-13,15,18,20H,4,14H2,1-3H3. The summed E-state index contributed by atoms with van der Waals surface area (Å²) in [5.41, 5.74) is 2.57. The lowest BCUT2D eigenvalue weighted by atomic mass is 9.98. The maximum absolute atomic E-state index is 5.97. The van der Waals surface area contributed by atoms with Gasteiger partial charge in [0, 0.05) is 11.6 Å². The molecule has 0 saturated heterocycles. The SMILES string of the molecule is CCNC(Cc1ccccc1)c1ccccc1OC(C)C. The van der Waals surface area contributed by atoms with E-state index in [1.807, 2.05) is 6.07 Å². The van der Waals surface area contributed by atoms with E-state index in [0.717, 1.165) is 18.7 Å². The average Bonchev–Trinajstić information content (AvgIpc) is 2.48. The molecule has 2 nitrogen and oxygen atoms in total. The first-order chi connectivity index (χ1) is 10.2. The van der Waals surface area contributed by atoms with Gasteiger partial charge in [0.25, 0.3) is 0 Å². The van der Waals surface area contributed by atoms with E-state index in [2.05, 4.69) is 74.6 Å². The smallest absolute Gasteiger partial charge is 0.124 e. The number of rotatable bonds is 7. The molecule has 2 heteroatoms. The van der Waals surface area contributed by atoms with Crippen molar-refractivity contribution in [1.82, 2.24) is 5.32 Å². The maximum atomic E-state index is 5.97. The molecule has 0 saturated carbocycles. The van der Waals surface area contributed by atoms with E-state index in [4.69, 9.17) is 4.74 Å². The van der Waals surface area contributed by atoms with Crippen molar-refractivity contribution in [2.45, 2.75) is 39.3 Å². The van der Waals surface area contributed by atoms with Crippen molar-refractivity contribution in [3.63, 3.8) is 0 Å². The fourth-order valence-corrected chi connectivity index (χ4v) is 2.52. The van der Waals surface area contributed by atoms with Gasteiger partial charge >= 0.3 is 0 Å². The van der Waals surface area contributed by atoms with Crippen molar-refractivity contribution in [3.8, 4) is 5.75 Å². The molecule has 0 aliphatic rings. The molecule has 0 aromatic heterocycles. The second-order valence-corrected chi connectivity index (χ2v) is 5.50. The zero-order chi connectivity index (χ0) is 15.1. The monoisotopic (exact) mass is 283 g/mol. The number of benzene rings is 2. The van der Waals surface area contributed by atoms with Gasteiger partial charge in [-0.2, -0.15) is 0 Å². The first kappa shape index (κ1) is 15.6. The Morgan fingerprint density at radius 1 is 0.952 bits per heavy atom. The van der Waals surface area contributed by atoms with Crippen LogP contribution in [0.4, 0.5) is 0 Å². The fourth-order valence-electron chi connectivity index (χ4n) is 2.52. The van der Waals surface area contributed by atoms with E-state index in [1.165, 1.54) is 11.1 Å². The fraction of sp³-hybridized carbons (Fsp3) is 0.368. The van der Waals surface area contributed by atoms with Gasteiger partial charge in [0.1, 0.15) is 5.75 Å². The van der Waals surface area contributed by atoms with Gasteiger partial charge in [-0.25, -0.2) is 0 Å². The number of nitrogens with one attached hydrogen (secondary N) is 1. The summed E-state index contributed by atoms with van der Waals surface area (Å²) < 4.78 is 5.97. The molecule has 1 unspecified atom stereocenters. The number of ether oxygens (including phenoxy) is 1. The van der Waals surface area contributed by atoms with Gasteiger partial charge in [0.2, 0.25) is 0 Å². The van der Waals surface area contributed by atoms with Gasteiger partial charge in [-0.15, -0.1) is 0 Å². The minimum atomic E-state index is 0.185. The van der Waals surface area contributed by atoms with E-state index in [0.29, 0.717) is 0 Å². The van der Waals surface area contributed by atoms with Gasteiger partial charge < -0.3 is 10.1 Å². The van der Waals surface area contributed by atoms with Crippen LogP contribution in [0.25, 0.3) is 0 Å². The highest BCUT2D eigenvalue weighted by atomic mass is 16.5. The van der Waals surface area contributed by atoms with Crippen molar-refractivity contribution in [2.24, 2.45) is 0 Å². The Labute approximate surface area is 128 Å². The van der Waals surface area contributed by atoms with Gasteiger partial charge in [-0.05, 0) is 38.4 Å². The van der Waals surface area contributed by atoms with Crippen LogP contribution in [0.15, 0.2) is 54.6 Å². The summed E-state index contributed by atoms with van der Waals surface area (Å²) in [7, 11) is 0. The van der Waals surface area contributed by atoms with Crippen molar-refractivity contribution >= 4 is 0 Å². The first-order valence-electron chi connectivity index (χ1n) is 7.73. The molecule has 0 bridgehead atoms. The topological polar surface area (TPSA) is 21.3 Å². The summed E-state index contributed by atoms with van der Waals surface area (Å²) in [5.74, 6) is 0.981. The highest BCUT2D eigenvalue weighted by Gasteiger charge is 2.16. The van der Waals surface area contributed by atoms with Crippen LogP contribution in [0.1, 0.15) is 37.9 Å². The second kappa shape index (κ2) is 7.84. The number of hydrogen-bond acceptors (Lipinski definition) is 2. The van der Waals surface area contributed by atoms with Crippen LogP contribution < -0.4 is 10.1 Å². The van der Waals surface area contributed by atoms with Crippen LogP contribution >= 0.6 is 0 Å². The Bertz CT molecular complexity index is 536. The molecule has 2 rings (SSSR count). The number of hydrogen-bond donors (Lipinski definition) is 1. The van der Waals surface area contributed by atoms with Crippen LogP contribution in [0, 0.1) is 0 Å². The van der Waals surface area contributed by atoms with E-state index < -0.39 is 0 Å². The Morgan fingerprint density at radius 2 is 1.62 bits per heavy atom. The van der Waals surface area contributed by atoms with Crippen LogP contribution in [-0.2, 0) is 6.42 Å². The molecule has 112 valence electrons. The highest BCUT2D eigenvalue weighted by Crippen LogP contribution is 2.28. The number of para-hydroxylation sites is 1. The highest BCUT2D eigenvalue weighted by molar-refractivity contribution is 5.37. The molecule has 0 radical (unpaired) electrons. The summed E-state index contributed by atoms with van der Waals surface area (Å²) in [6.45, 7) is 7.21. The van der Waals surface area contributed by atoms with E-state index in [-0.39, 0.29) is 12.1 Å². The predicted octanol–water partition coefficient (Wildman–Crippen LogP) is 4.37. The van der Waals surface area contributed by atoms with Crippen LogP contribution in [-0.4, -0.2) is 12.6 Å². The average molecular weight is 283 g/mol. The molecular formula is C19H25NO. The summed E-state index contributed by atoms with van der Waals surface area (Å²) in [4.78, 5) is 0. The van der Waals surface area contributed by atoms with Gasteiger partial charge in [-0.3, -0.25) is 0 Å². The van der Waals surface area contributed by atoms with E-state index in [9.17, 15) is 0 Å². The lowest BCUT2D eigenvalue weighted by Gasteiger charge is -2.22. The lowest BCUT2D eigenvalue weighted by Crippen LogP contribution is -2.24. The van der Waals surface area contributed by atoms with Gasteiger partial charge in [0.05, 0.1) is 6.10 Å². The minimum Gasteiger partial charge on any atom is -0.491 e. The molecule has 0 aliphatic heterocycles. The first-order valence-corrected chi connectivity index (χ1v) is 7.73. The second-order valence-electron chi connectivity index (χ2n) is 5.50. The van der Waals surface area contributed by atoms with Gasteiger partial charge in [-0.1, -0.05) is 55.5 Å². The zero-order valence-electron chi connectivity index (χ0n) is 13.2. The van der Waals surface area contributed by atoms with Gasteiger partial charge in [0.15, 0.2) is 0 Å².